The van der Waals surface area contributed by atoms with E-state index in [1.165, 1.54) is 0 Å². The highest BCUT2D eigenvalue weighted by atomic mass is 16.4. The largest absolute Gasteiger partial charge is 0.481 e. The lowest BCUT2D eigenvalue weighted by Crippen LogP contribution is -2.35. The minimum Gasteiger partial charge on any atom is -0.481 e. The number of carbonyl (C=O) groups excluding carboxylic acids is 1. The lowest BCUT2D eigenvalue weighted by atomic mass is 10.1. The summed E-state index contributed by atoms with van der Waals surface area (Å²) in [5.41, 5.74) is 1.71. The Bertz CT molecular complexity index is 401. The number of aromatic nitrogens is 1. The molecular formula is C12H16N2O3. The zero-order chi connectivity index (χ0) is 12.8. The van der Waals surface area contributed by atoms with E-state index in [2.05, 4.69) is 10.3 Å². The summed E-state index contributed by atoms with van der Waals surface area (Å²) >= 11 is 0. The van der Waals surface area contributed by atoms with Gasteiger partial charge in [0.2, 0.25) is 5.91 Å². The van der Waals surface area contributed by atoms with E-state index in [-0.39, 0.29) is 24.8 Å². The van der Waals surface area contributed by atoms with Gasteiger partial charge < -0.3 is 10.4 Å². The zero-order valence-electron chi connectivity index (χ0n) is 9.93. The predicted molar refractivity (Wildman–Crippen MR) is 62.5 cm³/mol. The van der Waals surface area contributed by atoms with Crippen LogP contribution >= 0.6 is 0 Å². The van der Waals surface area contributed by atoms with E-state index in [0.29, 0.717) is 0 Å². The molecule has 0 aliphatic rings. The van der Waals surface area contributed by atoms with Gasteiger partial charge in [0.1, 0.15) is 0 Å². The number of rotatable bonds is 5. The summed E-state index contributed by atoms with van der Waals surface area (Å²) in [6.07, 6.45) is 1.80. The molecule has 5 heteroatoms. The van der Waals surface area contributed by atoms with Crippen molar-refractivity contribution in [1.29, 1.82) is 0 Å². The molecule has 0 aromatic carbocycles. The Morgan fingerprint density at radius 3 is 2.71 bits per heavy atom. The second kappa shape index (κ2) is 5.98. The molecule has 1 unspecified atom stereocenters. The highest BCUT2D eigenvalue weighted by Crippen LogP contribution is 2.01. The molecule has 1 amide bonds. The molecule has 1 rings (SSSR count). The number of carboxylic acids is 1. The van der Waals surface area contributed by atoms with Crippen LogP contribution in [0, 0.1) is 6.92 Å². The number of hydrogen-bond acceptors (Lipinski definition) is 3. The van der Waals surface area contributed by atoms with Crippen LogP contribution in [0.2, 0.25) is 0 Å². The van der Waals surface area contributed by atoms with Gasteiger partial charge in [0.05, 0.1) is 12.8 Å². The molecule has 0 bridgehead atoms. The highest BCUT2D eigenvalue weighted by Gasteiger charge is 2.11. The highest BCUT2D eigenvalue weighted by molar-refractivity contribution is 5.79. The topological polar surface area (TPSA) is 79.3 Å². The second-order valence-corrected chi connectivity index (χ2v) is 4.05. The van der Waals surface area contributed by atoms with Gasteiger partial charge in [-0.1, -0.05) is 6.07 Å². The van der Waals surface area contributed by atoms with Crippen molar-refractivity contribution < 1.29 is 14.7 Å². The SMILES string of the molecule is Cc1ccc(CC(=O)NC(C)CC(=O)O)cn1. The molecule has 0 aliphatic heterocycles. The number of carbonyl (C=O) groups is 2. The third kappa shape index (κ3) is 5.10. The van der Waals surface area contributed by atoms with Gasteiger partial charge in [-0.25, -0.2) is 0 Å². The van der Waals surface area contributed by atoms with Gasteiger partial charge in [0.25, 0.3) is 0 Å². The zero-order valence-corrected chi connectivity index (χ0v) is 9.93. The first-order valence-corrected chi connectivity index (χ1v) is 5.40. The van der Waals surface area contributed by atoms with Gasteiger partial charge in [-0.3, -0.25) is 14.6 Å². The summed E-state index contributed by atoms with van der Waals surface area (Å²) in [7, 11) is 0. The van der Waals surface area contributed by atoms with Gasteiger partial charge in [-0.15, -0.1) is 0 Å². The molecule has 5 nitrogen and oxygen atoms in total. The lowest BCUT2D eigenvalue weighted by Gasteiger charge is -2.11. The van der Waals surface area contributed by atoms with Gasteiger partial charge in [0.15, 0.2) is 0 Å². The molecule has 0 saturated heterocycles. The van der Waals surface area contributed by atoms with Crippen molar-refractivity contribution in [1.82, 2.24) is 10.3 Å². The Morgan fingerprint density at radius 1 is 1.47 bits per heavy atom. The van der Waals surface area contributed by atoms with E-state index in [1.807, 2.05) is 19.1 Å². The molecular weight excluding hydrogens is 220 g/mol. The third-order valence-corrected chi connectivity index (χ3v) is 2.23. The fourth-order valence-electron chi connectivity index (χ4n) is 1.43. The molecule has 0 fully saturated rings. The van der Waals surface area contributed by atoms with E-state index in [4.69, 9.17) is 5.11 Å². The van der Waals surface area contributed by atoms with Crippen LogP contribution in [0.15, 0.2) is 18.3 Å². The molecule has 1 atom stereocenters. The maximum absolute atomic E-state index is 11.6. The number of nitrogens with one attached hydrogen (secondary N) is 1. The molecule has 1 aromatic rings. The van der Waals surface area contributed by atoms with Crippen molar-refractivity contribution >= 4 is 11.9 Å². The van der Waals surface area contributed by atoms with Gasteiger partial charge >= 0.3 is 5.97 Å². The van der Waals surface area contributed by atoms with Crippen LogP contribution in [0.1, 0.15) is 24.6 Å². The normalized spacial score (nSPS) is 11.9. The van der Waals surface area contributed by atoms with Crippen LogP contribution in [0.25, 0.3) is 0 Å². The van der Waals surface area contributed by atoms with Crippen LogP contribution in [-0.4, -0.2) is 28.0 Å². The van der Waals surface area contributed by atoms with Crippen molar-refractivity contribution in [2.45, 2.75) is 32.7 Å². The van der Waals surface area contributed by atoms with Crippen LogP contribution < -0.4 is 5.32 Å². The third-order valence-electron chi connectivity index (χ3n) is 2.23. The molecule has 1 heterocycles. The maximum Gasteiger partial charge on any atom is 0.305 e. The second-order valence-electron chi connectivity index (χ2n) is 4.05. The maximum atomic E-state index is 11.6. The van der Waals surface area contributed by atoms with E-state index < -0.39 is 5.97 Å². The number of pyridine rings is 1. The minimum absolute atomic E-state index is 0.0715. The monoisotopic (exact) mass is 236 g/mol. The van der Waals surface area contributed by atoms with E-state index in [0.717, 1.165) is 11.3 Å². The fourth-order valence-corrected chi connectivity index (χ4v) is 1.43. The van der Waals surface area contributed by atoms with Crippen molar-refractivity contribution in [3.05, 3.63) is 29.6 Å². The number of aliphatic carboxylic acids is 1. The summed E-state index contributed by atoms with van der Waals surface area (Å²) in [6.45, 7) is 3.54. The summed E-state index contributed by atoms with van der Waals surface area (Å²) in [6, 6.07) is 3.31. The first-order chi connectivity index (χ1) is 7.97. The number of aryl methyl sites for hydroxylation is 1. The van der Waals surface area contributed by atoms with E-state index >= 15 is 0 Å². The Balaban J connectivity index is 2.44. The minimum atomic E-state index is -0.921. The molecule has 17 heavy (non-hydrogen) atoms. The van der Waals surface area contributed by atoms with Crippen LogP contribution in [0.5, 0.6) is 0 Å². The van der Waals surface area contributed by atoms with Crippen LogP contribution in [0.4, 0.5) is 0 Å². The fraction of sp³-hybridized carbons (Fsp3) is 0.417. The Hall–Kier alpha value is -1.91. The van der Waals surface area contributed by atoms with E-state index in [9.17, 15) is 9.59 Å². The van der Waals surface area contributed by atoms with Crippen molar-refractivity contribution in [2.24, 2.45) is 0 Å². The van der Waals surface area contributed by atoms with Gasteiger partial charge in [-0.05, 0) is 25.5 Å². The summed E-state index contributed by atoms with van der Waals surface area (Å²) in [5, 5.41) is 11.2. The smallest absolute Gasteiger partial charge is 0.305 e. The van der Waals surface area contributed by atoms with Crippen molar-refractivity contribution in [3.63, 3.8) is 0 Å². The summed E-state index contributed by atoms with van der Waals surface area (Å²) in [5.74, 6) is -1.11. The lowest BCUT2D eigenvalue weighted by molar-refractivity contribution is -0.137. The molecule has 0 aliphatic carbocycles. The number of carboxylic acid groups (broad SMARTS) is 1. The Morgan fingerprint density at radius 2 is 2.18 bits per heavy atom. The van der Waals surface area contributed by atoms with Crippen molar-refractivity contribution in [2.75, 3.05) is 0 Å². The first-order valence-electron chi connectivity index (χ1n) is 5.40. The molecule has 92 valence electrons. The molecule has 0 spiro atoms. The average Bonchev–Trinajstić information content (AvgIpc) is 2.19. The molecule has 2 N–H and O–H groups in total. The Kier molecular flexibility index (Phi) is 4.63. The van der Waals surface area contributed by atoms with E-state index in [1.54, 1.807) is 13.1 Å². The van der Waals surface area contributed by atoms with Crippen molar-refractivity contribution in [3.8, 4) is 0 Å². The van der Waals surface area contributed by atoms with Crippen LogP contribution in [-0.2, 0) is 16.0 Å². The number of amides is 1. The Labute approximate surface area is 99.9 Å². The number of nitrogens with zero attached hydrogens (tertiary/aromatic N) is 1. The molecule has 0 saturated carbocycles. The first kappa shape index (κ1) is 13.2. The van der Waals surface area contributed by atoms with Gasteiger partial charge in [-0.2, -0.15) is 0 Å². The summed E-state index contributed by atoms with van der Waals surface area (Å²) < 4.78 is 0. The summed E-state index contributed by atoms with van der Waals surface area (Å²) in [4.78, 5) is 26.1. The number of hydrogen-bond donors (Lipinski definition) is 2. The molecule has 0 radical (unpaired) electrons. The van der Waals surface area contributed by atoms with Gasteiger partial charge in [0, 0.05) is 17.9 Å². The predicted octanol–water partition coefficient (Wildman–Crippen LogP) is 0.912. The quantitative estimate of drug-likeness (QED) is 0.796. The average molecular weight is 236 g/mol. The standard InChI is InChI=1S/C12H16N2O3/c1-8-3-4-10(7-13-8)6-11(15)14-9(2)5-12(16)17/h3-4,7,9H,5-6H2,1-2H3,(H,14,15)(H,16,17). The van der Waals surface area contributed by atoms with Crippen LogP contribution in [0.3, 0.4) is 0 Å². The molecule has 1 aromatic heterocycles.